The van der Waals surface area contributed by atoms with Gasteiger partial charge in [0.1, 0.15) is 25.5 Å². The van der Waals surface area contributed by atoms with Crippen LogP contribution >= 0.6 is 23.5 Å². The van der Waals surface area contributed by atoms with E-state index in [1.807, 2.05) is 0 Å². The second kappa shape index (κ2) is 9.22. The van der Waals surface area contributed by atoms with Crippen LogP contribution in [0.2, 0.25) is 0 Å². The van der Waals surface area contributed by atoms with Crippen molar-refractivity contribution in [1.29, 1.82) is 0 Å². The molecule has 0 amide bonds. The second-order valence-corrected chi connectivity index (χ2v) is 8.22. The molecule has 2 aliphatic heterocycles. The second-order valence-electron chi connectivity index (χ2n) is 6.20. The number of benzene rings is 1. The number of halogens is 2. The Hall–Kier alpha value is -1.08. The summed E-state index contributed by atoms with van der Waals surface area (Å²) >= 11 is 3.55. The summed E-state index contributed by atoms with van der Waals surface area (Å²) in [4.78, 5) is 0. The van der Waals surface area contributed by atoms with Gasteiger partial charge in [-0.3, -0.25) is 0 Å². The average molecular weight is 431 g/mol. The van der Waals surface area contributed by atoms with E-state index in [0.29, 0.717) is 23.5 Å². The summed E-state index contributed by atoms with van der Waals surface area (Å²) in [6.07, 6.45) is 0. The van der Waals surface area contributed by atoms with Crippen LogP contribution < -0.4 is 36.3 Å². The first-order valence-electron chi connectivity index (χ1n) is 7.84. The largest absolute Gasteiger partial charge is 1.00 e. The van der Waals surface area contributed by atoms with Gasteiger partial charge >= 0.3 is 0 Å². The standard InChI is InChI=1S/C18H24N4S2.2ClH/c1-11(19)17-21(3)15(9-23-17)13-5-7-14(8-6-13)16-10-24-18(12(2)20)22(16)4;;/h5-8,15-16H,1-2,9-10,19-20H2,3-4H3;2*1H/q+2;;/p-2. The molecule has 0 aromatic heterocycles. The van der Waals surface area contributed by atoms with E-state index in [9.17, 15) is 0 Å². The molecule has 4 N–H and O–H groups in total. The lowest BCUT2D eigenvalue weighted by Gasteiger charge is -2.11. The van der Waals surface area contributed by atoms with E-state index in [1.54, 1.807) is 23.5 Å². The Kier molecular flexibility index (Phi) is 8.14. The fourth-order valence-corrected chi connectivity index (χ4v) is 5.74. The number of rotatable bonds is 4. The van der Waals surface area contributed by atoms with Crippen molar-refractivity contribution in [2.75, 3.05) is 25.6 Å². The van der Waals surface area contributed by atoms with Gasteiger partial charge in [0.05, 0.1) is 11.5 Å². The van der Waals surface area contributed by atoms with Gasteiger partial charge in [-0.25, -0.2) is 9.15 Å². The molecule has 1 aromatic rings. The Morgan fingerprint density at radius 2 is 1.15 bits per heavy atom. The van der Waals surface area contributed by atoms with Crippen molar-refractivity contribution in [2.24, 2.45) is 11.5 Å². The topological polar surface area (TPSA) is 58.1 Å². The molecule has 2 aliphatic rings. The van der Waals surface area contributed by atoms with Gasteiger partial charge in [-0.1, -0.05) is 37.4 Å². The normalized spacial score (nSPS) is 22.1. The van der Waals surface area contributed by atoms with Gasteiger partial charge in [-0.2, -0.15) is 0 Å². The molecule has 26 heavy (non-hydrogen) atoms. The fourth-order valence-electron chi connectivity index (χ4n) is 3.24. The van der Waals surface area contributed by atoms with Crippen LogP contribution in [-0.4, -0.2) is 44.8 Å². The molecule has 0 aliphatic carbocycles. The number of nitrogens with two attached hydrogens (primary N) is 2. The van der Waals surface area contributed by atoms with Crippen LogP contribution in [-0.2, 0) is 0 Å². The molecule has 0 saturated carbocycles. The van der Waals surface area contributed by atoms with E-state index in [-0.39, 0.29) is 24.8 Å². The molecule has 1 aromatic carbocycles. The molecule has 2 atom stereocenters. The first-order chi connectivity index (χ1) is 11.4. The highest BCUT2D eigenvalue weighted by molar-refractivity contribution is 8.14. The molecule has 142 valence electrons. The van der Waals surface area contributed by atoms with Crippen molar-refractivity contribution in [2.45, 2.75) is 12.1 Å². The molecular formula is C18H24Cl2N4S2. The Morgan fingerprint density at radius 1 is 0.846 bits per heavy atom. The van der Waals surface area contributed by atoms with Crippen molar-refractivity contribution < 1.29 is 34.0 Å². The summed E-state index contributed by atoms with van der Waals surface area (Å²) in [5.74, 6) is 2.01. The molecule has 2 heterocycles. The molecule has 0 saturated heterocycles. The predicted octanol–water partition coefficient (Wildman–Crippen LogP) is -3.70. The van der Waals surface area contributed by atoms with Crippen molar-refractivity contribution in [1.82, 2.24) is 0 Å². The maximum atomic E-state index is 5.87. The zero-order valence-electron chi connectivity index (χ0n) is 14.9. The van der Waals surface area contributed by atoms with Gasteiger partial charge in [0, 0.05) is 11.1 Å². The lowest BCUT2D eigenvalue weighted by atomic mass is 10.0. The fraction of sp³-hybridized carbons (Fsp3) is 0.333. The zero-order valence-corrected chi connectivity index (χ0v) is 18.1. The summed E-state index contributed by atoms with van der Waals surface area (Å²) in [5, 5.41) is 2.16. The van der Waals surface area contributed by atoms with Crippen LogP contribution in [0.5, 0.6) is 0 Å². The van der Waals surface area contributed by atoms with Crippen molar-refractivity contribution in [3.63, 3.8) is 0 Å². The van der Waals surface area contributed by atoms with E-state index in [2.05, 4.69) is 60.7 Å². The average Bonchev–Trinajstić information content (AvgIpc) is 3.10. The summed E-state index contributed by atoms with van der Waals surface area (Å²) in [7, 11) is 4.17. The molecule has 8 heteroatoms. The highest BCUT2D eigenvalue weighted by Gasteiger charge is 2.35. The van der Waals surface area contributed by atoms with E-state index in [4.69, 9.17) is 11.5 Å². The van der Waals surface area contributed by atoms with E-state index >= 15 is 0 Å². The van der Waals surface area contributed by atoms with Crippen LogP contribution in [0.1, 0.15) is 23.2 Å². The van der Waals surface area contributed by atoms with E-state index in [0.717, 1.165) is 21.6 Å². The Bertz CT molecular complexity index is 707. The third-order valence-corrected chi connectivity index (χ3v) is 7.20. The van der Waals surface area contributed by atoms with Gasteiger partial charge in [0.2, 0.25) is 0 Å². The monoisotopic (exact) mass is 430 g/mol. The number of thioether (sulfide) groups is 2. The van der Waals surface area contributed by atoms with Gasteiger partial charge in [-0.15, -0.1) is 0 Å². The Balaban J connectivity index is 0.00000169. The lowest BCUT2D eigenvalue weighted by Crippen LogP contribution is -3.00. The number of hydrogen-bond donors (Lipinski definition) is 2. The zero-order chi connectivity index (χ0) is 17.4. The Labute approximate surface area is 176 Å². The molecule has 0 bridgehead atoms. The third-order valence-electron chi connectivity index (χ3n) is 4.59. The van der Waals surface area contributed by atoms with Gasteiger partial charge in [0.15, 0.2) is 12.1 Å². The quantitative estimate of drug-likeness (QED) is 0.482. The molecule has 4 nitrogen and oxygen atoms in total. The minimum Gasteiger partial charge on any atom is -1.00 e. The van der Waals surface area contributed by atoms with Crippen LogP contribution in [0.25, 0.3) is 0 Å². The van der Waals surface area contributed by atoms with Crippen LogP contribution in [0, 0.1) is 0 Å². The molecule has 2 unspecified atom stereocenters. The molecule has 0 radical (unpaired) electrons. The van der Waals surface area contributed by atoms with Gasteiger partial charge < -0.3 is 36.3 Å². The summed E-state index contributed by atoms with van der Waals surface area (Å²) < 4.78 is 4.45. The first kappa shape index (κ1) is 23.0. The maximum Gasteiger partial charge on any atom is 0.257 e. The van der Waals surface area contributed by atoms with Crippen LogP contribution in [0.4, 0.5) is 0 Å². The summed E-state index contributed by atoms with van der Waals surface area (Å²) in [6.45, 7) is 7.72. The van der Waals surface area contributed by atoms with Crippen LogP contribution in [0.3, 0.4) is 0 Å². The SMILES string of the molecule is C=C(N)C1=[N+](C)C(c2ccc(C3CSC(C(=C)N)=[N+]3C)cc2)CS1.[Cl-].[Cl-]. The third kappa shape index (κ3) is 4.25. The predicted molar refractivity (Wildman–Crippen MR) is 106 cm³/mol. The van der Waals surface area contributed by atoms with E-state index in [1.165, 1.54) is 11.1 Å². The maximum absolute atomic E-state index is 5.87. The number of nitrogens with zero attached hydrogens (tertiary/aromatic N) is 2. The summed E-state index contributed by atoms with van der Waals surface area (Å²) in [5.41, 5.74) is 15.7. The minimum absolute atomic E-state index is 0. The van der Waals surface area contributed by atoms with E-state index < -0.39 is 0 Å². The highest BCUT2D eigenvalue weighted by Crippen LogP contribution is 2.33. The lowest BCUT2D eigenvalue weighted by molar-refractivity contribution is -0.533. The van der Waals surface area contributed by atoms with Crippen molar-refractivity contribution in [3.05, 3.63) is 59.9 Å². The minimum atomic E-state index is 0. The van der Waals surface area contributed by atoms with Gasteiger partial charge in [0.25, 0.3) is 10.1 Å². The summed E-state index contributed by atoms with van der Waals surface area (Å²) in [6, 6.07) is 9.61. The van der Waals surface area contributed by atoms with Gasteiger partial charge in [-0.05, 0) is 23.5 Å². The number of hydrogen-bond acceptors (Lipinski definition) is 4. The first-order valence-corrected chi connectivity index (χ1v) is 9.81. The smallest absolute Gasteiger partial charge is 0.257 e. The molecule has 0 fully saturated rings. The molecule has 3 rings (SSSR count). The molecular weight excluding hydrogens is 407 g/mol. The highest BCUT2D eigenvalue weighted by atomic mass is 35.5. The molecule has 0 spiro atoms. The Morgan fingerprint density at radius 3 is 1.38 bits per heavy atom. The van der Waals surface area contributed by atoms with Crippen molar-refractivity contribution in [3.8, 4) is 0 Å². The van der Waals surface area contributed by atoms with Crippen molar-refractivity contribution >= 4 is 33.6 Å². The van der Waals surface area contributed by atoms with Crippen LogP contribution in [0.15, 0.2) is 48.8 Å².